The Kier molecular flexibility index (Phi) is 8.69. The van der Waals surface area contributed by atoms with Crippen molar-refractivity contribution in [1.82, 2.24) is 10.6 Å². The second-order valence-electron chi connectivity index (χ2n) is 6.50. The molecule has 0 saturated heterocycles. The van der Waals surface area contributed by atoms with Crippen LogP contribution in [-0.4, -0.2) is 30.2 Å². The van der Waals surface area contributed by atoms with Crippen LogP contribution in [0.15, 0.2) is 54.6 Å². The van der Waals surface area contributed by atoms with Gasteiger partial charge in [0.05, 0.1) is 10.6 Å². The lowest BCUT2D eigenvalue weighted by molar-refractivity contribution is -0.123. The lowest BCUT2D eigenvalue weighted by Gasteiger charge is -2.22. The molecule has 27 heavy (non-hydrogen) atoms. The third-order valence-corrected chi connectivity index (χ3v) is 5.37. The molecule has 0 aliphatic rings. The Bertz CT molecular complexity index is 753. The molecule has 0 aromatic heterocycles. The smallest absolute Gasteiger partial charge is 0.253 e. The van der Waals surface area contributed by atoms with E-state index in [4.69, 9.17) is 11.6 Å². The van der Waals surface area contributed by atoms with Crippen molar-refractivity contribution in [1.29, 1.82) is 0 Å². The summed E-state index contributed by atoms with van der Waals surface area (Å²) in [6.07, 6.45) is 0. The highest BCUT2D eigenvalue weighted by Crippen LogP contribution is 2.15. The molecule has 0 radical (unpaired) electrons. The van der Waals surface area contributed by atoms with Gasteiger partial charge < -0.3 is 10.6 Å². The first kappa shape index (κ1) is 21.3. The molecule has 144 valence electrons. The molecule has 2 amide bonds. The summed E-state index contributed by atoms with van der Waals surface area (Å²) in [5.41, 5.74) is 1.64. The van der Waals surface area contributed by atoms with E-state index < -0.39 is 6.04 Å². The first-order valence-electron chi connectivity index (χ1n) is 8.94. The van der Waals surface area contributed by atoms with Crippen LogP contribution in [0.25, 0.3) is 0 Å². The fraction of sp³-hybridized carbons (Fsp3) is 0.333. The fourth-order valence-electron chi connectivity index (χ4n) is 2.52. The Labute approximate surface area is 170 Å². The number of amides is 2. The first-order valence-corrected chi connectivity index (χ1v) is 10.5. The third kappa shape index (κ3) is 6.92. The van der Waals surface area contributed by atoms with E-state index in [-0.39, 0.29) is 17.7 Å². The van der Waals surface area contributed by atoms with E-state index in [0.29, 0.717) is 17.1 Å². The van der Waals surface area contributed by atoms with Crippen LogP contribution >= 0.6 is 23.4 Å². The summed E-state index contributed by atoms with van der Waals surface area (Å²) in [5, 5.41) is 6.08. The topological polar surface area (TPSA) is 58.2 Å². The average Bonchev–Trinajstić information content (AvgIpc) is 2.66. The van der Waals surface area contributed by atoms with Crippen molar-refractivity contribution in [2.24, 2.45) is 5.92 Å². The highest BCUT2D eigenvalue weighted by Gasteiger charge is 2.25. The van der Waals surface area contributed by atoms with Gasteiger partial charge in [-0.2, -0.15) is 11.8 Å². The maximum Gasteiger partial charge on any atom is 0.253 e. The van der Waals surface area contributed by atoms with Gasteiger partial charge >= 0.3 is 0 Å². The highest BCUT2D eigenvalue weighted by molar-refractivity contribution is 7.98. The zero-order valence-electron chi connectivity index (χ0n) is 15.6. The van der Waals surface area contributed by atoms with E-state index in [1.807, 2.05) is 32.0 Å². The Morgan fingerprint density at radius 2 is 1.70 bits per heavy atom. The summed E-state index contributed by atoms with van der Waals surface area (Å²) in [7, 11) is 0. The molecule has 6 heteroatoms. The predicted molar refractivity (Wildman–Crippen MR) is 113 cm³/mol. The van der Waals surface area contributed by atoms with Crippen LogP contribution in [0, 0.1) is 5.92 Å². The predicted octanol–water partition coefficient (Wildman–Crippen LogP) is 4.14. The fourth-order valence-corrected chi connectivity index (χ4v) is 3.56. The minimum Gasteiger partial charge on any atom is -0.353 e. The molecule has 2 aromatic rings. The number of thioether (sulfide) groups is 1. The van der Waals surface area contributed by atoms with Crippen molar-refractivity contribution in [3.8, 4) is 0 Å². The summed E-state index contributed by atoms with van der Waals surface area (Å²) in [5.74, 6) is 1.17. The minimum atomic E-state index is -0.604. The van der Waals surface area contributed by atoms with Crippen LogP contribution in [0.5, 0.6) is 0 Å². The Morgan fingerprint density at radius 1 is 1.04 bits per heavy atom. The number of carbonyl (C=O) groups excluding carboxylic acids is 2. The second-order valence-corrected chi connectivity index (χ2v) is 8.02. The van der Waals surface area contributed by atoms with Crippen molar-refractivity contribution in [2.45, 2.75) is 25.6 Å². The van der Waals surface area contributed by atoms with Crippen molar-refractivity contribution in [3.05, 3.63) is 70.7 Å². The summed E-state index contributed by atoms with van der Waals surface area (Å²) in [6, 6.07) is 16.4. The van der Waals surface area contributed by atoms with Crippen molar-refractivity contribution in [3.63, 3.8) is 0 Å². The van der Waals surface area contributed by atoms with Crippen LogP contribution in [0.2, 0.25) is 5.02 Å². The maximum atomic E-state index is 12.5. The van der Waals surface area contributed by atoms with Gasteiger partial charge in [0, 0.05) is 18.1 Å². The van der Waals surface area contributed by atoms with Gasteiger partial charge in [0.25, 0.3) is 5.91 Å². The molecule has 4 nitrogen and oxygen atoms in total. The van der Waals surface area contributed by atoms with Crippen LogP contribution in [0.1, 0.15) is 29.8 Å². The van der Waals surface area contributed by atoms with E-state index in [1.54, 1.807) is 36.0 Å². The Hall–Kier alpha value is -1.98. The number of halogens is 1. The van der Waals surface area contributed by atoms with Crippen molar-refractivity contribution < 1.29 is 9.59 Å². The number of nitrogens with one attached hydrogen (secondary N) is 2. The molecule has 0 heterocycles. The van der Waals surface area contributed by atoms with Gasteiger partial charge in [0.15, 0.2) is 0 Å². The number of rotatable bonds is 9. The summed E-state index contributed by atoms with van der Waals surface area (Å²) < 4.78 is 0. The van der Waals surface area contributed by atoms with Gasteiger partial charge in [-0.25, -0.2) is 0 Å². The van der Waals surface area contributed by atoms with Gasteiger partial charge in [-0.05, 0) is 23.6 Å². The van der Waals surface area contributed by atoms with E-state index >= 15 is 0 Å². The minimum absolute atomic E-state index is 0.0339. The third-order valence-electron chi connectivity index (χ3n) is 4.01. The average molecular weight is 405 g/mol. The lowest BCUT2D eigenvalue weighted by Crippen LogP contribution is -2.50. The SMILES string of the molecule is CC(C)[C@H](NC(=O)c1ccccc1Cl)C(=O)NCCSCc1ccccc1. The number of hydrogen-bond donors (Lipinski definition) is 2. The highest BCUT2D eigenvalue weighted by atomic mass is 35.5. The number of carbonyl (C=O) groups is 2. The van der Waals surface area contributed by atoms with E-state index in [0.717, 1.165) is 11.5 Å². The van der Waals surface area contributed by atoms with Crippen LogP contribution in [0.3, 0.4) is 0 Å². The Morgan fingerprint density at radius 3 is 2.37 bits per heavy atom. The molecule has 0 spiro atoms. The molecule has 0 unspecified atom stereocenters. The standard InChI is InChI=1S/C21H25ClN2O2S/c1-15(2)19(24-20(25)17-10-6-7-11-18(17)22)21(26)23-12-13-27-14-16-8-4-3-5-9-16/h3-11,15,19H,12-14H2,1-2H3,(H,23,26)(H,24,25)/t19-/m0/s1. The largest absolute Gasteiger partial charge is 0.353 e. The lowest BCUT2D eigenvalue weighted by atomic mass is 10.0. The van der Waals surface area contributed by atoms with E-state index in [9.17, 15) is 9.59 Å². The van der Waals surface area contributed by atoms with E-state index in [1.165, 1.54) is 5.56 Å². The molecule has 0 aliphatic carbocycles. The van der Waals surface area contributed by atoms with Crippen LogP contribution in [-0.2, 0) is 10.5 Å². The summed E-state index contributed by atoms with van der Waals surface area (Å²) in [6.45, 7) is 4.37. The zero-order valence-corrected chi connectivity index (χ0v) is 17.1. The number of benzene rings is 2. The zero-order chi connectivity index (χ0) is 19.6. The summed E-state index contributed by atoms with van der Waals surface area (Å²) in [4.78, 5) is 24.9. The molecule has 2 aromatic carbocycles. The van der Waals surface area contributed by atoms with Gasteiger partial charge in [-0.15, -0.1) is 0 Å². The van der Waals surface area contributed by atoms with Crippen LogP contribution in [0.4, 0.5) is 0 Å². The normalized spacial score (nSPS) is 11.9. The van der Waals surface area contributed by atoms with Gasteiger partial charge in [-0.3, -0.25) is 9.59 Å². The molecule has 0 aliphatic heterocycles. The van der Waals surface area contributed by atoms with Crippen LogP contribution < -0.4 is 10.6 Å². The second kappa shape index (κ2) is 11.0. The molecule has 0 fully saturated rings. The van der Waals surface area contributed by atoms with Gasteiger partial charge in [0.2, 0.25) is 5.91 Å². The van der Waals surface area contributed by atoms with Gasteiger partial charge in [0.1, 0.15) is 6.04 Å². The molecule has 0 bridgehead atoms. The monoisotopic (exact) mass is 404 g/mol. The summed E-state index contributed by atoms with van der Waals surface area (Å²) >= 11 is 7.83. The quantitative estimate of drug-likeness (QED) is 0.617. The number of hydrogen-bond acceptors (Lipinski definition) is 3. The molecule has 2 rings (SSSR count). The maximum absolute atomic E-state index is 12.5. The molecular weight excluding hydrogens is 380 g/mol. The van der Waals surface area contributed by atoms with Crippen molar-refractivity contribution >= 4 is 35.2 Å². The molecule has 1 atom stereocenters. The van der Waals surface area contributed by atoms with Gasteiger partial charge in [-0.1, -0.05) is 67.9 Å². The molecule has 0 saturated carbocycles. The van der Waals surface area contributed by atoms with E-state index in [2.05, 4.69) is 22.8 Å². The van der Waals surface area contributed by atoms with Crippen molar-refractivity contribution in [2.75, 3.05) is 12.3 Å². The molecular formula is C21H25ClN2O2S. The molecule has 2 N–H and O–H groups in total. The first-order chi connectivity index (χ1) is 13.0. The Balaban J connectivity index is 1.80.